The average Bonchev–Trinajstić information content (AvgIpc) is 3.45. The van der Waals surface area contributed by atoms with E-state index in [1.807, 2.05) is 34.6 Å². The van der Waals surface area contributed by atoms with E-state index in [1.165, 1.54) is 20.9 Å². The Labute approximate surface area is 184 Å². The van der Waals surface area contributed by atoms with Gasteiger partial charge >= 0.3 is 0 Å². The maximum absolute atomic E-state index is 13.2. The summed E-state index contributed by atoms with van der Waals surface area (Å²) in [6.45, 7) is 2.08. The molecule has 0 saturated carbocycles. The fourth-order valence-corrected chi connectivity index (χ4v) is 6.17. The van der Waals surface area contributed by atoms with E-state index in [-0.39, 0.29) is 11.5 Å². The van der Waals surface area contributed by atoms with Gasteiger partial charge in [-0.1, -0.05) is 30.3 Å². The highest BCUT2D eigenvalue weighted by molar-refractivity contribution is 7.15. The van der Waals surface area contributed by atoms with Crippen molar-refractivity contribution in [1.82, 2.24) is 19.5 Å². The zero-order chi connectivity index (χ0) is 20.8. The molecule has 1 saturated heterocycles. The van der Waals surface area contributed by atoms with Gasteiger partial charge in [0.2, 0.25) is 0 Å². The Morgan fingerprint density at radius 3 is 2.81 bits per heavy atom. The molecule has 1 amide bonds. The number of likely N-dealkylation sites (tertiary alicyclic amines) is 1. The molecule has 0 atom stereocenters. The number of piperidine rings is 1. The molecule has 6 nitrogen and oxygen atoms in total. The molecule has 156 valence electrons. The first-order valence-electron chi connectivity index (χ1n) is 10.6. The number of ether oxygens (including phenoxy) is 1. The molecule has 1 aromatic carbocycles. The molecule has 0 unspecified atom stereocenters. The molecule has 7 heteroatoms. The first-order chi connectivity index (χ1) is 15.2. The molecule has 3 aromatic heterocycles. The molecule has 4 aromatic rings. The van der Waals surface area contributed by atoms with Crippen molar-refractivity contribution in [3.63, 3.8) is 0 Å². The third kappa shape index (κ3) is 3.07. The predicted octanol–water partition coefficient (Wildman–Crippen LogP) is 4.16. The summed E-state index contributed by atoms with van der Waals surface area (Å²) in [6.07, 6.45) is 7.70. The number of hydrogen-bond acceptors (Lipinski definition) is 5. The van der Waals surface area contributed by atoms with Crippen LogP contribution < -0.4 is 0 Å². The van der Waals surface area contributed by atoms with Crippen LogP contribution in [0.3, 0.4) is 0 Å². The van der Waals surface area contributed by atoms with Crippen molar-refractivity contribution < 1.29 is 9.53 Å². The van der Waals surface area contributed by atoms with Crippen molar-refractivity contribution >= 4 is 22.9 Å². The van der Waals surface area contributed by atoms with Gasteiger partial charge in [0.15, 0.2) is 5.65 Å². The van der Waals surface area contributed by atoms with Gasteiger partial charge in [-0.3, -0.25) is 4.79 Å². The predicted molar refractivity (Wildman–Crippen MR) is 119 cm³/mol. The molecular weight excluding hydrogens is 408 g/mol. The van der Waals surface area contributed by atoms with Crippen LogP contribution in [0.2, 0.25) is 0 Å². The van der Waals surface area contributed by atoms with Gasteiger partial charge in [-0.2, -0.15) is 5.10 Å². The van der Waals surface area contributed by atoms with Crippen molar-refractivity contribution in [3.8, 4) is 10.4 Å². The first kappa shape index (κ1) is 18.7. The highest BCUT2D eigenvalue weighted by atomic mass is 32.1. The molecule has 0 bridgehead atoms. The van der Waals surface area contributed by atoms with Gasteiger partial charge in [0.25, 0.3) is 5.91 Å². The van der Waals surface area contributed by atoms with Gasteiger partial charge in [-0.05, 0) is 42.5 Å². The van der Waals surface area contributed by atoms with Crippen LogP contribution in [0.4, 0.5) is 0 Å². The lowest BCUT2D eigenvalue weighted by Crippen LogP contribution is -2.47. The third-order valence-electron chi connectivity index (χ3n) is 6.40. The smallest absolute Gasteiger partial charge is 0.259 e. The van der Waals surface area contributed by atoms with Gasteiger partial charge in [0.1, 0.15) is 11.2 Å². The van der Waals surface area contributed by atoms with Crippen LogP contribution in [-0.4, -0.2) is 45.1 Å². The average molecular weight is 431 g/mol. The maximum atomic E-state index is 13.2. The number of rotatable bonds is 2. The quantitative estimate of drug-likeness (QED) is 0.479. The zero-order valence-electron chi connectivity index (χ0n) is 17.0. The molecule has 1 fully saturated rings. The minimum absolute atomic E-state index is 0.00395. The van der Waals surface area contributed by atoms with E-state index in [2.05, 4.69) is 40.4 Å². The minimum atomic E-state index is -0.276. The number of nitrogens with zero attached hydrogens (tertiary/aromatic N) is 4. The van der Waals surface area contributed by atoms with Gasteiger partial charge in [-0.25, -0.2) is 9.50 Å². The van der Waals surface area contributed by atoms with E-state index in [1.54, 1.807) is 16.9 Å². The van der Waals surface area contributed by atoms with Gasteiger partial charge in [0, 0.05) is 35.2 Å². The Bertz CT molecular complexity index is 1260. The van der Waals surface area contributed by atoms with Crippen molar-refractivity contribution in [2.75, 3.05) is 19.7 Å². The fraction of sp³-hybridized carbons (Fsp3) is 0.292. The molecule has 31 heavy (non-hydrogen) atoms. The molecule has 2 aliphatic heterocycles. The number of carbonyl (C=O) groups is 1. The lowest BCUT2D eigenvalue weighted by molar-refractivity contribution is -0.0906. The number of amides is 1. The van der Waals surface area contributed by atoms with Gasteiger partial charge < -0.3 is 9.64 Å². The fourth-order valence-electron chi connectivity index (χ4n) is 4.76. The second-order valence-corrected chi connectivity index (χ2v) is 9.21. The second kappa shape index (κ2) is 7.28. The third-order valence-corrected chi connectivity index (χ3v) is 7.81. The number of aromatic nitrogens is 3. The summed E-state index contributed by atoms with van der Waals surface area (Å²) in [4.78, 5) is 22.1. The number of thiophene rings is 1. The van der Waals surface area contributed by atoms with Crippen LogP contribution in [0.5, 0.6) is 0 Å². The summed E-state index contributed by atoms with van der Waals surface area (Å²) in [5, 5.41) is 4.26. The highest BCUT2D eigenvalue weighted by Gasteiger charge is 2.43. The Morgan fingerprint density at radius 1 is 1.13 bits per heavy atom. The molecule has 0 radical (unpaired) electrons. The van der Waals surface area contributed by atoms with Crippen molar-refractivity contribution in [3.05, 3.63) is 77.1 Å². The Morgan fingerprint density at radius 2 is 1.97 bits per heavy atom. The monoisotopic (exact) mass is 430 g/mol. The summed E-state index contributed by atoms with van der Waals surface area (Å²) in [5.41, 5.74) is 3.55. The number of hydrogen-bond donors (Lipinski definition) is 0. The van der Waals surface area contributed by atoms with Crippen molar-refractivity contribution in [2.24, 2.45) is 0 Å². The van der Waals surface area contributed by atoms with Crippen LogP contribution in [0.25, 0.3) is 16.1 Å². The Kier molecular flexibility index (Phi) is 4.40. The van der Waals surface area contributed by atoms with E-state index < -0.39 is 0 Å². The lowest BCUT2D eigenvalue weighted by Gasteiger charge is -2.43. The standard InChI is InChI=1S/C24H22N4O2S/c29-23(19-16-26-28-11-4-10-25-22(19)28)27-12-8-24(9-13-27)21-18(7-14-30-24)15-20(31-21)17-5-2-1-3-6-17/h1-6,10-11,15-16H,7-9,12-14H2. The van der Waals surface area contributed by atoms with E-state index in [4.69, 9.17) is 4.74 Å². The molecule has 0 aliphatic carbocycles. The largest absolute Gasteiger partial charge is 0.369 e. The highest BCUT2D eigenvalue weighted by Crippen LogP contribution is 2.47. The van der Waals surface area contributed by atoms with E-state index >= 15 is 0 Å². The maximum Gasteiger partial charge on any atom is 0.259 e. The molecule has 5 heterocycles. The minimum Gasteiger partial charge on any atom is -0.369 e. The van der Waals surface area contributed by atoms with Gasteiger partial charge in [-0.15, -0.1) is 11.3 Å². The molecule has 0 N–H and O–H groups in total. The van der Waals surface area contributed by atoms with Crippen LogP contribution in [0, 0.1) is 0 Å². The summed E-state index contributed by atoms with van der Waals surface area (Å²) < 4.78 is 8.06. The Balaban J connectivity index is 1.25. The topological polar surface area (TPSA) is 59.7 Å². The Hall–Kier alpha value is -3.03. The summed E-state index contributed by atoms with van der Waals surface area (Å²) >= 11 is 1.85. The van der Waals surface area contributed by atoms with Crippen LogP contribution in [-0.2, 0) is 16.8 Å². The van der Waals surface area contributed by atoms with Crippen LogP contribution in [0.15, 0.2) is 61.1 Å². The van der Waals surface area contributed by atoms with Crippen LogP contribution in [0.1, 0.15) is 33.6 Å². The second-order valence-electron chi connectivity index (χ2n) is 8.16. The number of benzene rings is 1. The SMILES string of the molecule is O=C(c1cnn2cccnc12)N1CCC2(CC1)OCCc1cc(-c3ccccc3)sc12. The van der Waals surface area contributed by atoms with E-state index in [9.17, 15) is 4.79 Å². The van der Waals surface area contributed by atoms with Gasteiger partial charge in [0.05, 0.1) is 12.8 Å². The summed E-state index contributed by atoms with van der Waals surface area (Å²) in [7, 11) is 0. The van der Waals surface area contributed by atoms with E-state index in [0.29, 0.717) is 24.3 Å². The van der Waals surface area contributed by atoms with Crippen molar-refractivity contribution in [2.45, 2.75) is 24.9 Å². The normalized spacial score (nSPS) is 17.7. The van der Waals surface area contributed by atoms with Crippen LogP contribution >= 0.6 is 11.3 Å². The molecule has 2 aliphatic rings. The lowest BCUT2D eigenvalue weighted by atomic mass is 9.85. The van der Waals surface area contributed by atoms with E-state index in [0.717, 1.165) is 25.9 Å². The summed E-state index contributed by atoms with van der Waals surface area (Å²) in [6, 6.07) is 14.7. The number of fused-ring (bicyclic) bond motifs is 3. The number of carbonyl (C=O) groups excluding carboxylic acids is 1. The summed E-state index contributed by atoms with van der Waals surface area (Å²) in [5.74, 6) is -0.00395. The molecule has 6 rings (SSSR count). The van der Waals surface area contributed by atoms with Crippen molar-refractivity contribution in [1.29, 1.82) is 0 Å². The molecular formula is C24H22N4O2S. The zero-order valence-corrected chi connectivity index (χ0v) is 17.8. The first-order valence-corrected chi connectivity index (χ1v) is 11.5. The molecule has 1 spiro atoms.